The highest BCUT2D eigenvalue weighted by Gasteiger charge is 2.22. The molecule has 0 saturated heterocycles. The van der Waals surface area contributed by atoms with E-state index in [2.05, 4.69) is 17.4 Å². The molecular formula is C18H15ClN2O. The number of aromatic nitrogens is 1. The molecule has 0 atom stereocenters. The zero-order valence-electron chi connectivity index (χ0n) is 12.2. The second-order valence-corrected chi connectivity index (χ2v) is 5.81. The second kappa shape index (κ2) is 5.27. The largest absolute Gasteiger partial charge is 0.496 e. The van der Waals surface area contributed by atoms with Crippen molar-refractivity contribution in [2.45, 2.75) is 13.1 Å². The van der Waals surface area contributed by atoms with Crippen LogP contribution in [0.4, 0.5) is 0 Å². The van der Waals surface area contributed by atoms with Gasteiger partial charge in [0.1, 0.15) is 5.75 Å². The van der Waals surface area contributed by atoms with E-state index in [0.29, 0.717) is 5.02 Å². The van der Waals surface area contributed by atoms with E-state index < -0.39 is 0 Å². The maximum Gasteiger partial charge on any atom is 0.126 e. The van der Waals surface area contributed by atoms with Crippen molar-refractivity contribution in [2.24, 2.45) is 0 Å². The molecule has 110 valence electrons. The molecule has 1 aliphatic rings. The number of nitrogens with zero attached hydrogens (tertiary/aromatic N) is 1. The fourth-order valence-corrected chi connectivity index (χ4v) is 3.30. The topological polar surface area (TPSA) is 34.1 Å². The minimum atomic E-state index is 0.705. The summed E-state index contributed by atoms with van der Waals surface area (Å²) >= 11 is 6.24. The van der Waals surface area contributed by atoms with E-state index in [1.54, 1.807) is 7.11 Å². The van der Waals surface area contributed by atoms with Crippen molar-refractivity contribution in [3.63, 3.8) is 0 Å². The Hall–Kier alpha value is -2.10. The van der Waals surface area contributed by atoms with Gasteiger partial charge in [0.15, 0.2) is 0 Å². The van der Waals surface area contributed by atoms with E-state index in [-0.39, 0.29) is 0 Å². The summed E-state index contributed by atoms with van der Waals surface area (Å²) in [6, 6.07) is 14.0. The number of para-hydroxylation sites is 1. The van der Waals surface area contributed by atoms with Gasteiger partial charge in [-0.05, 0) is 29.8 Å². The van der Waals surface area contributed by atoms with Crippen LogP contribution in [0.3, 0.4) is 0 Å². The number of pyridine rings is 1. The molecule has 0 bridgehead atoms. The lowest BCUT2D eigenvalue weighted by atomic mass is 9.94. The Labute approximate surface area is 133 Å². The first-order chi connectivity index (χ1) is 10.8. The molecule has 4 rings (SSSR count). The normalized spacial score (nSPS) is 13.4. The minimum Gasteiger partial charge on any atom is -0.496 e. The summed E-state index contributed by atoms with van der Waals surface area (Å²) in [5.74, 6) is 0.829. The third kappa shape index (κ3) is 2.05. The Balaban J connectivity index is 2.12. The summed E-state index contributed by atoms with van der Waals surface area (Å²) in [6.07, 6.45) is 0. The van der Waals surface area contributed by atoms with Crippen LogP contribution in [0.15, 0.2) is 42.5 Å². The van der Waals surface area contributed by atoms with Crippen molar-refractivity contribution in [3.8, 4) is 16.9 Å². The highest BCUT2D eigenvalue weighted by Crippen LogP contribution is 2.40. The van der Waals surface area contributed by atoms with Crippen molar-refractivity contribution in [3.05, 3.63) is 58.7 Å². The number of nitrogens with one attached hydrogen (secondary N) is 1. The van der Waals surface area contributed by atoms with E-state index in [1.165, 1.54) is 11.1 Å². The van der Waals surface area contributed by atoms with Crippen LogP contribution in [0.2, 0.25) is 5.02 Å². The van der Waals surface area contributed by atoms with E-state index >= 15 is 0 Å². The lowest BCUT2D eigenvalue weighted by Gasteiger charge is -2.15. The number of ether oxygens (including phenoxy) is 1. The molecular weight excluding hydrogens is 296 g/mol. The Bertz CT molecular complexity index is 876. The molecule has 0 spiro atoms. The standard InChI is InChI=1S/C18H15ClN2O/c1-22-17-7-6-11(19)8-13(17)18-12-4-2-3-5-15(12)21-16-10-20-9-14(16)18/h2-8,20H,9-10H2,1H3. The maximum absolute atomic E-state index is 6.24. The zero-order chi connectivity index (χ0) is 15.1. The van der Waals surface area contributed by atoms with Gasteiger partial charge in [0.2, 0.25) is 0 Å². The fraction of sp³-hybridized carbons (Fsp3) is 0.167. The predicted octanol–water partition coefficient (Wildman–Crippen LogP) is 4.17. The van der Waals surface area contributed by atoms with Crippen LogP contribution in [0.25, 0.3) is 22.0 Å². The fourth-order valence-electron chi connectivity index (χ4n) is 3.13. The zero-order valence-corrected chi connectivity index (χ0v) is 12.9. The summed E-state index contributed by atoms with van der Waals surface area (Å²) in [4.78, 5) is 4.78. The summed E-state index contributed by atoms with van der Waals surface area (Å²) in [7, 11) is 1.69. The van der Waals surface area contributed by atoms with Gasteiger partial charge < -0.3 is 10.1 Å². The lowest BCUT2D eigenvalue weighted by molar-refractivity contribution is 0.416. The number of benzene rings is 2. The average Bonchev–Trinajstić information content (AvgIpc) is 3.00. The van der Waals surface area contributed by atoms with Crippen molar-refractivity contribution in [1.82, 2.24) is 10.3 Å². The van der Waals surface area contributed by atoms with Crippen molar-refractivity contribution in [2.75, 3.05) is 7.11 Å². The SMILES string of the molecule is COc1ccc(Cl)cc1-c1c2c(nc3ccccc13)CNC2. The Kier molecular flexibility index (Phi) is 3.25. The Morgan fingerprint density at radius 2 is 2.00 bits per heavy atom. The van der Waals surface area contributed by atoms with E-state index in [4.69, 9.17) is 21.3 Å². The van der Waals surface area contributed by atoms with E-state index in [9.17, 15) is 0 Å². The molecule has 0 radical (unpaired) electrons. The number of hydrogen-bond donors (Lipinski definition) is 1. The molecule has 22 heavy (non-hydrogen) atoms. The third-order valence-electron chi connectivity index (χ3n) is 4.10. The summed E-state index contributed by atoms with van der Waals surface area (Å²) in [6.45, 7) is 1.62. The van der Waals surface area contributed by atoms with Crippen LogP contribution in [0.5, 0.6) is 5.75 Å². The molecule has 0 saturated carbocycles. The van der Waals surface area contributed by atoms with Gasteiger partial charge in [-0.3, -0.25) is 4.98 Å². The maximum atomic E-state index is 6.24. The second-order valence-electron chi connectivity index (χ2n) is 5.38. The molecule has 2 aromatic carbocycles. The smallest absolute Gasteiger partial charge is 0.126 e. The van der Waals surface area contributed by atoms with Crippen molar-refractivity contribution >= 4 is 22.5 Å². The van der Waals surface area contributed by atoms with Gasteiger partial charge in [0, 0.05) is 34.6 Å². The van der Waals surface area contributed by atoms with Gasteiger partial charge >= 0.3 is 0 Å². The molecule has 0 aliphatic carbocycles. The molecule has 0 unspecified atom stereocenters. The van der Waals surface area contributed by atoms with Crippen molar-refractivity contribution < 1.29 is 4.74 Å². The van der Waals surface area contributed by atoms with Gasteiger partial charge in [0.25, 0.3) is 0 Å². The van der Waals surface area contributed by atoms with Gasteiger partial charge in [0.05, 0.1) is 18.3 Å². The average molecular weight is 311 g/mol. The molecule has 0 fully saturated rings. The number of methoxy groups -OCH3 is 1. The molecule has 0 amide bonds. The summed E-state index contributed by atoms with van der Waals surface area (Å²) in [5.41, 5.74) is 5.54. The van der Waals surface area contributed by atoms with E-state index in [1.807, 2.05) is 30.3 Å². The highest BCUT2D eigenvalue weighted by molar-refractivity contribution is 6.31. The van der Waals surface area contributed by atoms with Crippen LogP contribution in [0, 0.1) is 0 Å². The molecule has 2 heterocycles. The van der Waals surface area contributed by atoms with Crippen LogP contribution in [-0.2, 0) is 13.1 Å². The summed E-state index contributed by atoms with van der Waals surface area (Å²) in [5, 5.41) is 5.22. The molecule has 4 heteroatoms. The van der Waals surface area contributed by atoms with Crippen LogP contribution < -0.4 is 10.1 Å². The number of halogens is 1. The van der Waals surface area contributed by atoms with Crippen LogP contribution >= 0.6 is 11.6 Å². The monoisotopic (exact) mass is 310 g/mol. The summed E-state index contributed by atoms with van der Waals surface area (Å²) < 4.78 is 5.56. The first-order valence-electron chi connectivity index (χ1n) is 7.23. The Morgan fingerprint density at radius 3 is 2.86 bits per heavy atom. The molecule has 3 aromatic rings. The highest BCUT2D eigenvalue weighted by atomic mass is 35.5. The number of hydrogen-bond acceptors (Lipinski definition) is 3. The van der Waals surface area contributed by atoms with Gasteiger partial charge in [-0.2, -0.15) is 0 Å². The van der Waals surface area contributed by atoms with Crippen LogP contribution in [-0.4, -0.2) is 12.1 Å². The lowest BCUT2D eigenvalue weighted by Crippen LogP contribution is -2.00. The predicted molar refractivity (Wildman–Crippen MR) is 89.3 cm³/mol. The van der Waals surface area contributed by atoms with Gasteiger partial charge in [-0.1, -0.05) is 29.8 Å². The quantitative estimate of drug-likeness (QED) is 0.771. The molecule has 3 nitrogen and oxygen atoms in total. The van der Waals surface area contributed by atoms with Gasteiger partial charge in [-0.25, -0.2) is 0 Å². The number of rotatable bonds is 2. The first kappa shape index (κ1) is 13.6. The first-order valence-corrected chi connectivity index (χ1v) is 7.61. The third-order valence-corrected chi connectivity index (χ3v) is 4.34. The Morgan fingerprint density at radius 1 is 1.14 bits per heavy atom. The molecule has 1 aromatic heterocycles. The van der Waals surface area contributed by atoms with Crippen LogP contribution in [0.1, 0.15) is 11.3 Å². The minimum absolute atomic E-state index is 0.705. The van der Waals surface area contributed by atoms with Crippen molar-refractivity contribution in [1.29, 1.82) is 0 Å². The molecule has 1 aliphatic heterocycles. The molecule has 1 N–H and O–H groups in total. The van der Waals surface area contributed by atoms with Gasteiger partial charge in [-0.15, -0.1) is 0 Å². The number of fused-ring (bicyclic) bond motifs is 2. The van der Waals surface area contributed by atoms with E-state index in [0.717, 1.165) is 41.0 Å².